The van der Waals surface area contributed by atoms with Gasteiger partial charge in [-0.25, -0.2) is 9.97 Å². The first-order valence-corrected chi connectivity index (χ1v) is 6.59. The third-order valence-corrected chi connectivity index (χ3v) is 3.13. The van der Waals surface area contributed by atoms with Gasteiger partial charge in [0.15, 0.2) is 0 Å². The fourth-order valence-electron chi connectivity index (χ4n) is 2.15. The minimum absolute atomic E-state index is 0.261. The van der Waals surface area contributed by atoms with E-state index in [1.807, 2.05) is 24.3 Å². The largest absolute Gasteiger partial charge is 0.496 e. The van der Waals surface area contributed by atoms with Crippen molar-refractivity contribution in [3.8, 4) is 5.75 Å². The number of hydrogen-bond acceptors (Lipinski definition) is 5. The molecule has 0 amide bonds. The van der Waals surface area contributed by atoms with Crippen LogP contribution in [0.5, 0.6) is 5.75 Å². The highest BCUT2D eigenvalue weighted by molar-refractivity contribution is 5.57. The maximum absolute atomic E-state index is 5.93. The quantitative estimate of drug-likeness (QED) is 0.875. The number of nitrogen functional groups attached to an aromatic ring is 1. The van der Waals surface area contributed by atoms with Crippen molar-refractivity contribution < 1.29 is 4.74 Å². The Hall–Kier alpha value is -2.30. The Kier molecular flexibility index (Phi) is 4.40. The molecule has 1 aromatic heterocycles. The lowest BCUT2D eigenvalue weighted by atomic mass is 10.0. The third-order valence-electron chi connectivity index (χ3n) is 3.13. The Morgan fingerprint density at radius 3 is 2.70 bits per heavy atom. The van der Waals surface area contributed by atoms with Gasteiger partial charge in [-0.3, -0.25) is 0 Å². The molecule has 0 spiro atoms. The summed E-state index contributed by atoms with van der Waals surface area (Å²) in [5.41, 5.74) is 7.95. The van der Waals surface area contributed by atoms with Gasteiger partial charge in [0.2, 0.25) is 0 Å². The lowest BCUT2D eigenvalue weighted by molar-refractivity contribution is 0.410. The number of methoxy groups -OCH3 is 1. The van der Waals surface area contributed by atoms with Gasteiger partial charge >= 0.3 is 0 Å². The van der Waals surface area contributed by atoms with Crippen LogP contribution < -0.4 is 15.8 Å². The third kappa shape index (κ3) is 2.99. The van der Waals surface area contributed by atoms with Crippen LogP contribution in [0.3, 0.4) is 0 Å². The van der Waals surface area contributed by atoms with E-state index >= 15 is 0 Å². The van der Waals surface area contributed by atoms with Gasteiger partial charge in [0.1, 0.15) is 23.7 Å². The van der Waals surface area contributed by atoms with Gasteiger partial charge in [-0.1, -0.05) is 32.0 Å². The number of benzene rings is 1. The molecule has 0 bridgehead atoms. The molecule has 0 aliphatic rings. The van der Waals surface area contributed by atoms with E-state index in [4.69, 9.17) is 10.5 Å². The second-order valence-electron chi connectivity index (χ2n) is 4.84. The molecule has 0 aliphatic heterocycles. The van der Waals surface area contributed by atoms with Gasteiger partial charge in [0, 0.05) is 17.7 Å². The molecule has 0 radical (unpaired) electrons. The molecule has 2 rings (SSSR count). The monoisotopic (exact) mass is 272 g/mol. The fourth-order valence-corrected chi connectivity index (χ4v) is 2.15. The summed E-state index contributed by atoms with van der Waals surface area (Å²) in [4.78, 5) is 8.34. The average Bonchev–Trinajstić information content (AvgIpc) is 2.45. The molecular weight excluding hydrogens is 252 g/mol. The van der Waals surface area contributed by atoms with Crippen molar-refractivity contribution in [1.29, 1.82) is 0 Å². The van der Waals surface area contributed by atoms with E-state index in [9.17, 15) is 0 Å². The van der Waals surface area contributed by atoms with Crippen molar-refractivity contribution in [2.75, 3.05) is 18.2 Å². The molecule has 3 N–H and O–H groups in total. The summed E-state index contributed by atoms with van der Waals surface area (Å²) in [6.45, 7) is 4.77. The Balaban J connectivity index is 2.21. The van der Waals surface area contributed by atoms with Crippen molar-refractivity contribution in [2.24, 2.45) is 0 Å². The summed E-state index contributed by atoms with van der Waals surface area (Å²) in [6.07, 6.45) is 1.48. The Morgan fingerprint density at radius 1 is 1.25 bits per heavy atom. The summed E-state index contributed by atoms with van der Waals surface area (Å²) < 4.78 is 5.34. The second-order valence-corrected chi connectivity index (χ2v) is 4.84. The zero-order valence-electron chi connectivity index (χ0n) is 12.1. The van der Waals surface area contributed by atoms with Crippen LogP contribution in [0.2, 0.25) is 0 Å². The molecule has 0 fully saturated rings. The Labute approximate surface area is 119 Å². The van der Waals surface area contributed by atoms with Gasteiger partial charge < -0.3 is 15.8 Å². The first-order valence-electron chi connectivity index (χ1n) is 6.59. The minimum atomic E-state index is 0.261. The van der Waals surface area contributed by atoms with Crippen molar-refractivity contribution in [3.05, 3.63) is 41.7 Å². The highest BCUT2D eigenvalue weighted by Crippen LogP contribution is 2.27. The van der Waals surface area contributed by atoms with E-state index in [0.29, 0.717) is 12.4 Å². The number of nitrogens with one attached hydrogen (secondary N) is 1. The number of hydrogen-bond donors (Lipinski definition) is 2. The second kappa shape index (κ2) is 6.23. The smallest absolute Gasteiger partial charge is 0.135 e. The Morgan fingerprint density at radius 2 is 2.00 bits per heavy atom. The number of para-hydroxylation sites is 1. The maximum atomic E-state index is 5.93. The minimum Gasteiger partial charge on any atom is -0.496 e. The van der Waals surface area contributed by atoms with Crippen LogP contribution in [-0.2, 0) is 6.54 Å². The summed E-state index contributed by atoms with van der Waals surface area (Å²) in [5, 5.41) is 3.32. The number of nitrogens with zero attached hydrogens (tertiary/aromatic N) is 2. The van der Waals surface area contributed by atoms with Crippen molar-refractivity contribution in [1.82, 2.24) is 9.97 Å². The number of anilines is 2. The van der Waals surface area contributed by atoms with Gasteiger partial charge in [0.25, 0.3) is 0 Å². The summed E-state index contributed by atoms with van der Waals surface area (Å²) in [6, 6.07) is 7.89. The molecular formula is C15H20N4O. The number of nitrogens with two attached hydrogens (primary N) is 1. The predicted molar refractivity (Wildman–Crippen MR) is 80.9 cm³/mol. The first kappa shape index (κ1) is 14.1. The highest BCUT2D eigenvalue weighted by atomic mass is 16.5. The standard InChI is InChI=1S/C15H20N4O/c1-10(2)13-14(16)18-9-19-15(13)17-8-11-6-4-5-7-12(11)20-3/h4-7,9-10H,8H2,1-3H3,(H3,16,17,18,19). The lowest BCUT2D eigenvalue weighted by Crippen LogP contribution is -2.10. The van der Waals surface area contributed by atoms with Crippen molar-refractivity contribution >= 4 is 11.6 Å². The summed E-state index contributed by atoms with van der Waals surface area (Å²) in [5.74, 6) is 2.42. The predicted octanol–water partition coefficient (Wildman–Crippen LogP) is 2.80. The number of rotatable bonds is 5. The van der Waals surface area contributed by atoms with Gasteiger partial charge in [0.05, 0.1) is 7.11 Å². The van der Waals surface area contributed by atoms with E-state index < -0.39 is 0 Å². The van der Waals surface area contributed by atoms with E-state index in [0.717, 1.165) is 22.7 Å². The van der Waals surface area contributed by atoms with Crippen LogP contribution in [0.4, 0.5) is 11.6 Å². The van der Waals surface area contributed by atoms with Crippen molar-refractivity contribution in [3.63, 3.8) is 0 Å². The Bertz CT molecular complexity index is 584. The van der Waals surface area contributed by atoms with Gasteiger partial charge in [-0.05, 0) is 12.0 Å². The normalized spacial score (nSPS) is 10.6. The van der Waals surface area contributed by atoms with E-state index in [1.165, 1.54) is 6.33 Å². The maximum Gasteiger partial charge on any atom is 0.135 e. The molecule has 1 heterocycles. The molecule has 106 valence electrons. The van der Waals surface area contributed by atoms with Crippen LogP contribution in [-0.4, -0.2) is 17.1 Å². The molecule has 5 nitrogen and oxygen atoms in total. The SMILES string of the molecule is COc1ccccc1CNc1ncnc(N)c1C(C)C. The molecule has 2 aromatic rings. The van der Waals surface area contributed by atoms with Crippen LogP contribution in [0.25, 0.3) is 0 Å². The van der Waals surface area contributed by atoms with Gasteiger partial charge in [-0.15, -0.1) is 0 Å². The molecule has 0 atom stereocenters. The number of aromatic nitrogens is 2. The lowest BCUT2D eigenvalue weighted by Gasteiger charge is -2.15. The van der Waals surface area contributed by atoms with Crippen LogP contribution in [0.1, 0.15) is 30.9 Å². The first-order chi connectivity index (χ1) is 9.63. The molecule has 0 saturated heterocycles. The zero-order chi connectivity index (χ0) is 14.5. The highest BCUT2D eigenvalue weighted by Gasteiger charge is 2.13. The topological polar surface area (TPSA) is 73.1 Å². The average molecular weight is 272 g/mol. The van der Waals surface area contributed by atoms with E-state index in [1.54, 1.807) is 7.11 Å². The van der Waals surface area contributed by atoms with Crippen molar-refractivity contribution in [2.45, 2.75) is 26.3 Å². The van der Waals surface area contributed by atoms with E-state index in [2.05, 4.69) is 29.1 Å². The summed E-state index contributed by atoms with van der Waals surface area (Å²) >= 11 is 0. The van der Waals surface area contributed by atoms with Crippen LogP contribution >= 0.6 is 0 Å². The van der Waals surface area contributed by atoms with E-state index in [-0.39, 0.29) is 5.92 Å². The molecule has 20 heavy (non-hydrogen) atoms. The molecule has 0 unspecified atom stereocenters. The fraction of sp³-hybridized carbons (Fsp3) is 0.333. The van der Waals surface area contributed by atoms with Crippen LogP contribution in [0.15, 0.2) is 30.6 Å². The zero-order valence-corrected chi connectivity index (χ0v) is 12.1. The van der Waals surface area contributed by atoms with Crippen LogP contribution in [0, 0.1) is 0 Å². The molecule has 1 aromatic carbocycles. The number of ether oxygens (including phenoxy) is 1. The molecule has 0 saturated carbocycles. The molecule has 5 heteroatoms. The van der Waals surface area contributed by atoms with Gasteiger partial charge in [-0.2, -0.15) is 0 Å². The molecule has 0 aliphatic carbocycles. The summed E-state index contributed by atoms with van der Waals surface area (Å²) in [7, 11) is 1.67.